The minimum Gasteiger partial charge on any atom is -0.379 e. The van der Waals surface area contributed by atoms with Gasteiger partial charge in [-0.15, -0.1) is 0 Å². The lowest BCUT2D eigenvalue weighted by Crippen LogP contribution is -2.60. The van der Waals surface area contributed by atoms with Crippen LogP contribution in [0.1, 0.15) is 6.92 Å². The fourth-order valence-corrected chi connectivity index (χ4v) is 1.80. The molecule has 19 heavy (non-hydrogen) atoms. The molecule has 0 radical (unpaired) electrons. The maximum atomic E-state index is 13.2. The number of hydrogen-bond acceptors (Lipinski definition) is 3. The molecule has 0 aromatic carbocycles. The third-order valence-corrected chi connectivity index (χ3v) is 3.48. The lowest BCUT2D eigenvalue weighted by molar-refractivity contribution is -0.299. The number of hydrogen-bond donors (Lipinski definition) is 0. The molecule has 1 unspecified atom stereocenters. The molecule has 0 aliphatic carbocycles. The summed E-state index contributed by atoms with van der Waals surface area (Å²) < 4.78 is 103. The Kier molecular flexibility index (Phi) is 6.24. The molecular formula is C8H13F7O3Si. The molecule has 0 aliphatic heterocycles. The van der Waals surface area contributed by atoms with Crippen molar-refractivity contribution in [3.05, 3.63) is 0 Å². The van der Waals surface area contributed by atoms with Gasteiger partial charge < -0.3 is 13.3 Å². The van der Waals surface area contributed by atoms with Crippen molar-refractivity contribution in [3.8, 4) is 0 Å². The van der Waals surface area contributed by atoms with Crippen LogP contribution in [0.2, 0.25) is 0 Å². The van der Waals surface area contributed by atoms with Crippen molar-refractivity contribution in [1.82, 2.24) is 0 Å². The van der Waals surface area contributed by atoms with E-state index in [0.717, 1.165) is 14.2 Å². The molecule has 3 nitrogen and oxygen atoms in total. The van der Waals surface area contributed by atoms with E-state index in [4.69, 9.17) is 0 Å². The highest BCUT2D eigenvalue weighted by Gasteiger charge is 2.71. The van der Waals surface area contributed by atoms with E-state index in [2.05, 4.69) is 13.3 Å². The average Bonchev–Trinajstić information content (AvgIpc) is 2.29. The van der Waals surface area contributed by atoms with Gasteiger partial charge in [0.1, 0.15) is 6.61 Å². The van der Waals surface area contributed by atoms with Gasteiger partial charge in [0.05, 0.1) is 0 Å². The van der Waals surface area contributed by atoms with Gasteiger partial charge in [-0.25, -0.2) is 13.2 Å². The van der Waals surface area contributed by atoms with Gasteiger partial charge in [-0.2, -0.15) is 17.6 Å². The maximum absolute atomic E-state index is 13.2. The molecule has 0 saturated carbocycles. The van der Waals surface area contributed by atoms with Crippen LogP contribution >= 0.6 is 0 Å². The minimum atomic E-state index is -5.62. The molecule has 0 heterocycles. The quantitative estimate of drug-likeness (QED) is 0.508. The molecule has 11 heteroatoms. The zero-order valence-corrected chi connectivity index (χ0v) is 11.4. The molecule has 0 aliphatic rings. The molecule has 0 amide bonds. The van der Waals surface area contributed by atoms with Crippen LogP contribution in [0.3, 0.4) is 0 Å². The van der Waals surface area contributed by atoms with Crippen LogP contribution in [-0.4, -0.2) is 54.3 Å². The van der Waals surface area contributed by atoms with Crippen molar-refractivity contribution < 1.29 is 44.0 Å². The summed E-state index contributed by atoms with van der Waals surface area (Å²) in [6.45, 7) is -2.29. The molecule has 0 N–H and O–H groups in total. The Bertz CT molecular complexity index is 284. The molecule has 0 aromatic rings. The molecular weight excluding hydrogens is 305 g/mol. The van der Waals surface area contributed by atoms with Crippen LogP contribution in [0, 0.1) is 0 Å². The van der Waals surface area contributed by atoms with Crippen LogP contribution < -0.4 is 0 Å². The molecule has 0 saturated heterocycles. The smallest absolute Gasteiger partial charge is 0.379 e. The zero-order valence-electron chi connectivity index (χ0n) is 10.2. The Labute approximate surface area is 106 Å². The van der Waals surface area contributed by atoms with E-state index in [1.165, 1.54) is 0 Å². The Morgan fingerprint density at radius 1 is 1.00 bits per heavy atom. The van der Waals surface area contributed by atoms with Crippen molar-refractivity contribution in [2.75, 3.05) is 20.8 Å². The van der Waals surface area contributed by atoms with Crippen LogP contribution in [-0.2, 0) is 13.3 Å². The number of rotatable bonds is 8. The van der Waals surface area contributed by atoms with E-state index < -0.39 is 40.1 Å². The second kappa shape index (κ2) is 6.37. The molecule has 0 aromatic heterocycles. The highest BCUT2D eigenvalue weighted by Crippen LogP contribution is 2.47. The monoisotopic (exact) mass is 318 g/mol. The van der Waals surface area contributed by atoms with Gasteiger partial charge in [-0.3, -0.25) is 0 Å². The topological polar surface area (TPSA) is 27.7 Å². The summed E-state index contributed by atoms with van der Waals surface area (Å²) in [4.78, 5) is 0. The molecule has 0 bridgehead atoms. The van der Waals surface area contributed by atoms with E-state index in [1.807, 2.05) is 0 Å². The van der Waals surface area contributed by atoms with Crippen LogP contribution in [0.4, 0.5) is 30.7 Å². The molecule has 0 spiro atoms. The van der Waals surface area contributed by atoms with Gasteiger partial charge in [0.25, 0.3) is 6.43 Å². The zero-order chi connectivity index (χ0) is 15.5. The molecule has 116 valence electrons. The fourth-order valence-electron chi connectivity index (χ4n) is 0.990. The Morgan fingerprint density at radius 2 is 1.42 bits per heavy atom. The van der Waals surface area contributed by atoms with Gasteiger partial charge in [0.2, 0.25) is 5.67 Å². The lowest BCUT2D eigenvalue weighted by atomic mass is 9.95. The largest absolute Gasteiger partial charge is 0.483 e. The standard InChI is InChI=1S/C8H13F7O3Si/c1-6(11,5(9)10)8(14,15)7(12,13)4-18-19(16-2)17-3/h5,19H,4H2,1-3H3. The molecule has 1 atom stereocenters. The van der Waals surface area contributed by atoms with Gasteiger partial charge in [0, 0.05) is 14.2 Å². The third-order valence-electron chi connectivity index (χ3n) is 2.27. The Morgan fingerprint density at radius 3 is 1.74 bits per heavy atom. The van der Waals surface area contributed by atoms with Gasteiger partial charge in [0.15, 0.2) is 0 Å². The summed E-state index contributed by atoms with van der Waals surface area (Å²) in [5, 5.41) is 0. The predicted octanol–water partition coefficient (Wildman–Crippen LogP) is 2.28. The maximum Gasteiger partial charge on any atom is 0.483 e. The van der Waals surface area contributed by atoms with Crippen molar-refractivity contribution >= 4 is 9.53 Å². The first-order chi connectivity index (χ1) is 8.44. The van der Waals surface area contributed by atoms with E-state index >= 15 is 0 Å². The lowest BCUT2D eigenvalue weighted by Gasteiger charge is -2.35. The highest BCUT2D eigenvalue weighted by atomic mass is 28.3. The summed E-state index contributed by atoms with van der Waals surface area (Å²) >= 11 is 0. The van der Waals surface area contributed by atoms with E-state index in [0.29, 0.717) is 0 Å². The summed E-state index contributed by atoms with van der Waals surface area (Å²) in [5.74, 6) is -10.8. The minimum absolute atomic E-state index is 0.298. The Balaban J connectivity index is 4.97. The van der Waals surface area contributed by atoms with E-state index in [-0.39, 0.29) is 6.92 Å². The number of halogens is 7. The van der Waals surface area contributed by atoms with E-state index in [9.17, 15) is 30.7 Å². The second-order valence-corrected chi connectivity index (χ2v) is 5.58. The van der Waals surface area contributed by atoms with Crippen LogP contribution in [0.5, 0.6) is 0 Å². The fraction of sp³-hybridized carbons (Fsp3) is 1.00. The highest BCUT2D eigenvalue weighted by molar-refractivity contribution is 6.36. The third kappa shape index (κ3) is 3.80. The Hall–Kier alpha value is -0.393. The predicted molar refractivity (Wildman–Crippen MR) is 52.5 cm³/mol. The van der Waals surface area contributed by atoms with Crippen molar-refractivity contribution in [2.24, 2.45) is 0 Å². The van der Waals surface area contributed by atoms with Crippen molar-refractivity contribution in [3.63, 3.8) is 0 Å². The van der Waals surface area contributed by atoms with Crippen LogP contribution in [0.15, 0.2) is 0 Å². The summed E-state index contributed by atoms with van der Waals surface area (Å²) in [7, 11) is -1.02. The molecule has 0 fully saturated rings. The second-order valence-electron chi connectivity index (χ2n) is 3.73. The van der Waals surface area contributed by atoms with Gasteiger partial charge >= 0.3 is 21.4 Å². The summed E-state index contributed by atoms with van der Waals surface area (Å²) in [5.41, 5.74) is -4.70. The summed E-state index contributed by atoms with van der Waals surface area (Å²) in [6, 6.07) is 0. The van der Waals surface area contributed by atoms with Gasteiger partial charge in [-0.05, 0) is 6.92 Å². The van der Waals surface area contributed by atoms with Crippen molar-refractivity contribution in [2.45, 2.75) is 30.9 Å². The van der Waals surface area contributed by atoms with E-state index in [1.54, 1.807) is 0 Å². The summed E-state index contributed by atoms with van der Waals surface area (Å²) in [6.07, 6.45) is -4.29. The van der Waals surface area contributed by atoms with Crippen molar-refractivity contribution in [1.29, 1.82) is 0 Å². The molecule has 0 rings (SSSR count). The van der Waals surface area contributed by atoms with Crippen LogP contribution in [0.25, 0.3) is 0 Å². The first-order valence-corrected chi connectivity index (χ1v) is 6.25. The average molecular weight is 318 g/mol. The number of alkyl halides is 7. The first-order valence-electron chi connectivity index (χ1n) is 4.84. The normalized spacial score (nSPS) is 17.1. The van der Waals surface area contributed by atoms with Gasteiger partial charge in [-0.1, -0.05) is 0 Å². The first kappa shape index (κ1) is 18.6. The SMILES string of the molecule is CO[SiH](OC)OCC(F)(F)C(F)(F)C(C)(F)C(F)F.